The van der Waals surface area contributed by atoms with Gasteiger partial charge in [-0.05, 0) is 12.1 Å². The highest BCUT2D eigenvalue weighted by Gasteiger charge is 2.28. The lowest BCUT2D eigenvalue weighted by molar-refractivity contribution is -0.136. The number of rotatable bonds is 2. The largest absolute Gasteiger partial charge is 0.481 e. The Labute approximate surface area is 121 Å². The number of H-pyrrole nitrogens is 1. The van der Waals surface area contributed by atoms with E-state index in [1.54, 1.807) is 13.0 Å². The van der Waals surface area contributed by atoms with Gasteiger partial charge < -0.3 is 10.2 Å². The van der Waals surface area contributed by atoms with Crippen molar-refractivity contribution in [1.29, 1.82) is 0 Å². The molecule has 0 amide bonds. The highest BCUT2D eigenvalue weighted by atomic mass is 16.4. The maximum absolute atomic E-state index is 10.5. The minimum absolute atomic E-state index is 0.222. The minimum Gasteiger partial charge on any atom is -0.481 e. The average Bonchev–Trinajstić information content (AvgIpc) is 2.96. The van der Waals surface area contributed by atoms with E-state index >= 15 is 0 Å². The first-order valence-electron chi connectivity index (χ1n) is 6.65. The van der Waals surface area contributed by atoms with Crippen LogP contribution < -0.4 is 0 Å². The first-order valence-corrected chi connectivity index (χ1v) is 6.65. The van der Waals surface area contributed by atoms with E-state index in [1.807, 2.05) is 36.4 Å². The van der Waals surface area contributed by atoms with Crippen LogP contribution in [0.3, 0.4) is 0 Å². The van der Waals surface area contributed by atoms with E-state index in [-0.39, 0.29) is 6.42 Å². The number of carbonyl (C=O) groups is 1. The van der Waals surface area contributed by atoms with Gasteiger partial charge in [-0.25, -0.2) is 0 Å². The van der Waals surface area contributed by atoms with E-state index < -0.39 is 11.6 Å². The summed E-state index contributed by atoms with van der Waals surface area (Å²) in [5.41, 5.74) is 1.32. The van der Waals surface area contributed by atoms with Crippen molar-refractivity contribution in [2.24, 2.45) is 0 Å². The van der Waals surface area contributed by atoms with Crippen molar-refractivity contribution in [2.45, 2.75) is 25.4 Å². The molecule has 1 atom stereocenters. The summed E-state index contributed by atoms with van der Waals surface area (Å²) in [4.78, 5) is 9.37. The molecule has 0 radical (unpaired) electrons. The number of benzene rings is 1. The second-order valence-electron chi connectivity index (χ2n) is 4.66. The molecule has 1 aliphatic carbocycles. The fraction of sp³-hybridized carbons (Fsp3) is 0.267. The molecular weight excluding hydrogens is 270 g/mol. The van der Waals surface area contributed by atoms with E-state index in [4.69, 9.17) is 5.11 Å². The van der Waals surface area contributed by atoms with Gasteiger partial charge in [-0.1, -0.05) is 37.3 Å². The molecule has 0 aliphatic heterocycles. The van der Waals surface area contributed by atoms with Gasteiger partial charge in [0.25, 0.3) is 0 Å². The Morgan fingerprint density at radius 1 is 1.38 bits per heavy atom. The van der Waals surface area contributed by atoms with Crippen molar-refractivity contribution in [3.63, 3.8) is 0 Å². The summed E-state index contributed by atoms with van der Waals surface area (Å²) in [5, 5.41) is 28.9. The van der Waals surface area contributed by atoms with Crippen LogP contribution in [0.15, 0.2) is 42.5 Å². The fourth-order valence-electron chi connectivity index (χ4n) is 2.03. The standard InChI is InChI=1S/C12H11N3O.C3H6O2/c16-12(7-2-1-3-8-12)9-5-4-6-10-11(9)14-15-13-10;1-2-3(4)5/h1-7,16H,8H2,(H,13,14,15);2H2,1H3,(H,4,5). The molecular formula is C15H17N3O3. The Bertz CT molecular complexity index is 690. The van der Waals surface area contributed by atoms with E-state index in [9.17, 15) is 9.90 Å². The third kappa shape index (κ3) is 3.35. The van der Waals surface area contributed by atoms with Crippen molar-refractivity contribution in [3.05, 3.63) is 48.1 Å². The highest BCUT2D eigenvalue weighted by molar-refractivity contribution is 5.78. The normalized spacial score (nSPS) is 20.1. The average molecular weight is 287 g/mol. The number of allylic oxidation sites excluding steroid dienone is 2. The Kier molecular flexibility index (Phi) is 4.49. The first kappa shape index (κ1) is 14.9. The van der Waals surface area contributed by atoms with Crippen LogP contribution in [0.4, 0.5) is 0 Å². The van der Waals surface area contributed by atoms with Crippen LogP contribution in [0, 0.1) is 0 Å². The highest BCUT2D eigenvalue weighted by Crippen LogP contribution is 2.33. The molecule has 0 bridgehead atoms. The second kappa shape index (κ2) is 6.32. The summed E-state index contributed by atoms with van der Waals surface area (Å²) < 4.78 is 0. The maximum Gasteiger partial charge on any atom is 0.303 e. The van der Waals surface area contributed by atoms with E-state index in [1.165, 1.54) is 0 Å². The van der Waals surface area contributed by atoms with Crippen LogP contribution in [0.25, 0.3) is 11.0 Å². The van der Waals surface area contributed by atoms with Gasteiger partial charge in [0.15, 0.2) is 0 Å². The van der Waals surface area contributed by atoms with Gasteiger partial charge in [0, 0.05) is 18.4 Å². The maximum atomic E-state index is 10.5. The fourth-order valence-corrected chi connectivity index (χ4v) is 2.03. The SMILES string of the molecule is CCC(=O)O.OC1(c2cccc3n[nH]nc23)C=CC=CC1. The lowest BCUT2D eigenvalue weighted by Gasteiger charge is -2.25. The van der Waals surface area contributed by atoms with Crippen molar-refractivity contribution in [2.75, 3.05) is 0 Å². The minimum atomic E-state index is -0.967. The van der Waals surface area contributed by atoms with Gasteiger partial charge >= 0.3 is 5.97 Å². The van der Waals surface area contributed by atoms with Gasteiger partial charge in [0.05, 0.1) is 0 Å². The number of hydrogen-bond acceptors (Lipinski definition) is 4. The molecule has 1 aliphatic rings. The van der Waals surface area contributed by atoms with Gasteiger partial charge in [-0.15, -0.1) is 0 Å². The molecule has 0 saturated carbocycles. The smallest absolute Gasteiger partial charge is 0.303 e. The van der Waals surface area contributed by atoms with Crippen LogP contribution >= 0.6 is 0 Å². The summed E-state index contributed by atoms with van der Waals surface area (Å²) in [7, 11) is 0. The molecule has 21 heavy (non-hydrogen) atoms. The van der Waals surface area contributed by atoms with Crippen molar-refractivity contribution in [1.82, 2.24) is 15.4 Å². The Morgan fingerprint density at radius 2 is 2.14 bits per heavy atom. The number of aromatic amines is 1. The third-order valence-electron chi connectivity index (χ3n) is 3.16. The van der Waals surface area contributed by atoms with Gasteiger partial charge in [0.2, 0.25) is 0 Å². The number of para-hydroxylation sites is 1. The summed E-state index contributed by atoms with van der Waals surface area (Å²) in [5.74, 6) is -0.745. The van der Waals surface area contributed by atoms with Crippen molar-refractivity contribution < 1.29 is 15.0 Å². The second-order valence-corrected chi connectivity index (χ2v) is 4.66. The van der Waals surface area contributed by atoms with E-state index in [0.29, 0.717) is 6.42 Å². The first-order chi connectivity index (χ1) is 10.1. The predicted molar refractivity (Wildman–Crippen MR) is 78.6 cm³/mol. The molecule has 1 unspecified atom stereocenters. The predicted octanol–water partition coefficient (Wildman–Crippen LogP) is 2.14. The van der Waals surface area contributed by atoms with E-state index in [0.717, 1.165) is 16.6 Å². The van der Waals surface area contributed by atoms with Crippen LogP contribution in [0.1, 0.15) is 25.3 Å². The molecule has 1 heterocycles. The molecule has 3 rings (SSSR count). The number of nitrogens with one attached hydrogen (secondary N) is 1. The summed E-state index contributed by atoms with van der Waals surface area (Å²) in [6.07, 6.45) is 8.30. The summed E-state index contributed by atoms with van der Waals surface area (Å²) in [6.45, 7) is 1.60. The number of fused-ring (bicyclic) bond motifs is 1. The topological polar surface area (TPSA) is 99.1 Å². The molecule has 2 aromatic rings. The molecule has 0 saturated heterocycles. The monoisotopic (exact) mass is 287 g/mol. The van der Waals surface area contributed by atoms with Crippen molar-refractivity contribution in [3.8, 4) is 0 Å². The molecule has 1 aromatic carbocycles. The number of carboxylic acid groups (broad SMARTS) is 1. The summed E-state index contributed by atoms with van der Waals surface area (Å²) in [6, 6.07) is 5.63. The number of aliphatic carboxylic acids is 1. The van der Waals surface area contributed by atoms with Gasteiger partial charge in [0.1, 0.15) is 16.6 Å². The quantitative estimate of drug-likeness (QED) is 0.786. The Hall–Kier alpha value is -2.47. The van der Waals surface area contributed by atoms with Crippen LogP contribution in [-0.2, 0) is 10.4 Å². The van der Waals surface area contributed by atoms with Crippen LogP contribution in [-0.4, -0.2) is 31.6 Å². The zero-order valence-corrected chi connectivity index (χ0v) is 11.7. The number of aromatic nitrogens is 3. The van der Waals surface area contributed by atoms with Gasteiger partial charge in [-0.3, -0.25) is 4.79 Å². The number of nitrogens with zero attached hydrogens (tertiary/aromatic N) is 2. The zero-order valence-electron chi connectivity index (χ0n) is 11.7. The van der Waals surface area contributed by atoms with Crippen LogP contribution in [0.2, 0.25) is 0 Å². The molecule has 0 spiro atoms. The molecule has 0 fully saturated rings. The summed E-state index contributed by atoms with van der Waals surface area (Å²) >= 11 is 0. The Balaban J connectivity index is 0.000000282. The molecule has 6 heteroatoms. The number of hydrogen-bond donors (Lipinski definition) is 3. The van der Waals surface area contributed by atoms with Crippen molar-refractivity contribution >= 4 is 17.0 Å². The number of aliphatic hydroxyl groups is 1. The molecule has 1 aromatic heterocycles. The Morgan fingerprint density at radius 3 is 2.76 bits per heavy atom. The lowest BCUT2D eigenvalue weighted by Crippen LogP contribution is -2.23. The number of carboxylic acids is 1. The molecule has 3 N–H and O–H groups in total. The van der Waals surface area contributed by atoms with Gasteiger partial charge in [-0.2, -0.15) is 15.4 Å². The lowest BCUT2D eigenvalue weighted by atomic mass is 9.87. The molecule has 6 nitrogen and oxygen atoms in total. The van der Waals surface area contributed by atoms with Crippen LogP contribution in [0.5, 0.6) is 0 Å². The van der Waals surface area contributed by atoms with E-state index in [2.05, 4.69) is 15.4 Å². The molecule has 110 valence electrons. The third-order valence-corrected chi connectivity index (χ3v) is 3.16. The zero-order chi connectivity index (χ0) is 15.3.